The van der Waals surface area contributed by atoms with Crippen LogP contribution in [-0.4, -0.2) is 18.1 Å². The molecule has 0 amide bonds. The summed E-state index contributed by atoms with van der Waals surface area (Å²) in [4.78, 5) is 4.35. The van der Waals surface area contributed by atoms with E-state index in [0.29, 0.717) is 5.88 Å². The number of rotatable bonds is 3. The lowest BCUT2D eigenvalue weighted by Crippen LogP contribution is -2.22. The summed E-state index contributed by atoms with van der Waals surface area (Å²) in [5.74, 6) is 0.944. The van der Waals surface area contributed by atoms with Gasteiger partial charge in [0.05, 0.1) is 7.11 Å². The third-order valence-corrected chi connectivity index (χ3v) is 3.26. The lowest BCUT2D eigenvalue weighted by molar-refractivity contribution is 0.403. The number of fused-ring (bicyclic) bond motifs is 1. The molecule has 0 bridgehead atoms. The van der Waals surface area contributed by atoms with E-state index in [1.54, 1.807) is 7.11 Å². The Hall–Kier alpha value is -1.61. The average Bonchev–Trinajstić information content (AvgIpc) is 2.36. The van der Waals surface area contributed by atoms with Crippen molar-refractivity contribution < 1.29 is 4.74 Å². The molecule has 0 saturated carbocycles. The predicted molar refractivity (Wildman–Crippen MR) is 70.4 cm³/mol. The summed E-state index contributed by atoms with van der Waals surface area (Å²) >= 11 is 0. The number of benzene rings is 1. The Balaban J connectivity index is 2.66. The first-order valence-corrected chi connectivity index (χ1v) is 5.82. The highest BCUT2D eigenvalue weighted by Gasteiger charge is 2.15. The van der Waals surface area contributed by atoms with Crippen LogP contribution in [0.15, 0.2) is 30.5 Å². The van der Waals surface area contributed by atoms with Crippen LogP contribution in [-0.2, 0) is 0 Å². The number of nitrogens with two attached hydrogens (primary N) is 1. The van der Waals surface area contributed by atoms with E-state index in [1.165, 1.54) is 10.9 Å². The number of ether oxygens (including phenoxy) is 1. The smallest absolute Gasteiger partial charge is 0.221 e. The molecular formula is C14H18N2O. The van der Waals surface area contributed by atoms with E-state index in [-0.39, 0.29) is 12.0 Å². The van der Waals surface area contributed by atoms with Crippen LogP contribution in [0, 0.1) is 0 Å². The van der Waals surface area contributed by atoms with Gasteiger partial charge in [-0.2, -0.15) is 0 Å². The zero-order valence-electron chi connectivity index (χ0n) is 10.5. The molecule has 0 aliphatic carbocycles. The SMILES string of the molecule is COc1ncc(C(C)C(C)N)c2ccccc12. The second kappa shape index (κ2) is 4.72. The zero-order chi connectivity index (χ0) is 12.4. The number of hydrogen-bond acceptors (Lipinski definition) is 3. The standard InChI is InChI=1S/C14H18N2O/c1-9(10(2)15)13-8-16-14(17-3)12-7-5-4-6-11(12)13/h4-10H,15H2,1-3H3. The zero-order valence-corrected chi connectivity index (χ0v) is 10.5. The lowest BCUT2D eigenvalue weighted by atomic mass is 9.92. The number of nitrogens with zero attached hydrogens (tertiary/aromatic N) is 1. The topological polar surface area (TPSA) is 48.1 Å². The molecule has 2 rings (SSSR count). The van der Waals surface area contributed by atoms with Crippen LogP contribution in [0.4, 0.5) is 0 Å². The van der Waals surface area contributed by atoms with Gasteiger partial charge in [0.1, 0.15) is 0 Å². The molecule has 2 N–H and O–H groups in total. The van der Waals surface area contributed by atoms with E-state index >= 15 is 0 Å². The highest BCUT2D eigenvalue weighted by Crippen LogP contribution is 2.30. The normalized spacial score (nSPS) is 14.6. The van der Waals surface area contributed by atoms with Gasteiger partial charge in [-0.05, 0) is 29.9 Å². The molecule has 1 aromatic carbocycles. The fourth-order valence-corrected chi connectivity index (χ4v) is 2.00. The van der Waals surface area contributed by atoms with Gasteiger partial charge >= 0.3 is 0 Å². The van der Waals surface area contributed by atoms with Crippen molar-refractivity contribution in [1.82, 2.24) is 4.98 Å². The number of hydrogen-bond donors (Lipinski definition) is 1. The molecule has 17 heavy (non-hydrogen) atoms. The minimum absolute atomic E-state index is 0.105. The van der Waals surface area contributed by atoms with E-state index < -0.39 is 0 Å². The Bertz CT molecular complexity index is 523. The predicted octanol–water partition coefficient (Wildman–Crippen LogP) is 2.69. The highest BCUT2D eigenvalue weighted by atomic mass is 16.5. The van der Waals surface area contributed by atoms with Gasteiger partial charge in [0, 0.05) is 17.6 Å². The van der Waals surface area contributed by atoms with E-state index in [9.17, 15) is 0 Å². The van der Waals surface area contributed by atoms with Gasteiger partial charge < -0.3 is 10.5 Å². The van der Waals surface area contributed by atoms with Crippen molar-refractivity contribution in [1.29, 1.82) is 0 Å². The Morgan fingerprint density at radius 2 is 1.82 bits per heavy atom. The second-order valence-electron chi connectivity index (χ2n) is 4.42. The minimum atomic E-state index is 0.105. The van der Waals surface area contributed by atoms with Crippen LogP contribution in [0.5, 0.6) is 5.88 Å². The Morgan fingerprint density at radius 1 is 1.18 bits per heavy atom. The molecule has 2 aromatic rings. The first-order chi connectivity index (χ1) is 8.15. The third-order valence-electron chi connectivity index (χ3n) is 3.26. The van der Waals surface area contributed by atoms with E-state index in [4.69, 9.17) is 10.5 Å². The monoisotopic (exact) mass is 230 g/mol. The van der Waals surface area contributed by atoms with Gasteiger partial charge in [-0.1, -0.05) is 25.1 Å². The van der Waals surface area contributed by atoms with Crippen molar-refractivity contribution >= 4 is 10.8 Å². The molecule has 0 radical (unpaired) electrons. The number of pyridine rings is 1. The molecule has 1 heterocycles. The molecule has 0 fully saturated rings. The van der Waals surface area contributed by atoms with Crippen LogP contribution < -0.4 is 10.5 Å². The molecule has 1 aromatic heterocycles. The molecular weight excluding hydrogens is 212 g/mol. The van der Waals surface area contributed by atoms with Crippen molar-refractivity contribution in [2.75, 3.05) is 7.11 Å². The van der Waals surface area contributed by atoms with Gasteiger partial charge in [-0.3, -0.25) is 0 Å². The Labute approximate surface area is 102 Å². The first-order valence-electron chi connectivity index (χ1n) is 5.82. The van der Waals surface area contributed by atoms with Crippen LogP contribution >= 0.6 is 0 Å². The average molecular weight is 230 g/mol. The Kier molecular flexibility index (Phi) is 3.29. The van der Waals surface area contributed by atoms with Crippen molar-refractivity contribution in [3.8, 4) is 5.88 Å². The largest absolute Gasteiger partial charge is 0.481 e. The van der Waals surface area contributed by atoms with Crippen molar-refractivity contribution in [3.05, 3.63) is 36.0 Å². The van der Waals surface area contributed by atoms with Gasteiger partial charge in [0.15, 0.2) is 0 Å². The van der Waals surface area contributed by atoms with Crippen molar-refractivity contribution in [2.24, 2.45) is 5.73 Å². The summed E-state index contributed by atoms with van der Waals surface area (Å²) in [6, 6.07) is 8.24. The minimum Gasteiger partial charge on any atom is -0.481 e. The van der Waals surface area contributed by atoms with Crippen molar-refractivity contribution in [3.63, 3.8) is 0 Å². The summed E-state index contributed by atoms with van der Waals surface area (Å²) in [6.45, 7) is 4.14. The number of aromatic nitrogens is 1. The summed E-state index contributed by atoms with van der Waals surface area (Å²) in [6.07, 6.45) is 1.87. The summed E-state index contributed by atoms with van der Waals surface area (Å²) in [7, 11) is 1.64. The van der Waals surface area contributed by atoms with Crippen LogP contribution in [0.2, 0.25) is 0 Å². The molecule has 2 atom stereocenters. The fourth-order valence-electron chi connectivity index (χ4n) is 2.00. The molecule has 0 aliphatic heterocycles. The molecule has 3 nitrogen and oxygen atoms in total. The first kappa shape index (κ1) is 11.9. The maximum atomic E-state index is 5.97. The molecule has 90 valence electrons. The van der Waals surface area contributed by atoms with Crippen LogP contribution in [0.1, 0.15) is 25.3 Å². The van der Waals surface area contributed by atoms with E-state index in [0.717, 1.165) is 5.39 Å². The quantitative estimate of drug-likeness (QED) is 0.882. The van der Waals surface area contributed by atoms with Gasteiger partial charge in [-0.15, -0.1) is 0 Å². The van der Waals surface area contributed by atoms with Crippen LogP contribution in [0.3, 0.4) is 0 Å². The lowest BCUT2D eigenvalue weighted by Gasteiger charge is -2.18. The maximum absolute atomic E-state index is 5.97. The molecule has 0 spiro atoms. The van der Waals surface area contributed by atoms with Crippen molar-refractivity contribution in [2.45, 2.75) is 25.8 Å². The summed E-state index contributed by atoms with van der Waals surface area (Å²) in [5.41, 5.74) is 7.15. The molecule has 0 aliphatic rings. The summed E-state index contributed by atoms with van der Waals surface area (Å²) < 4.78 is 5.28. The second-order valence-corrected chi connectivity index (χ2v) is 4.42. The number of methoxy groups -OCH3 is 1. The molecule has 2 unspecified atom stereocenters. The Morgan fingerprint density at radius 3 is 2.41 bits per heavy atom. The third kappa shape index (κ3) is 2.11. The highest BCUT2D eigenvalue weighted by molar-refractivity contribution is 5.89. The van der Waals surface area contributed by atoms with E-state index in [1.807, 2.05) is 31.3 Å². The maximum Gasteiger partial charge on any atom is 0.221 e. The van der Waals surface area contributed by atoms with Crippen LogP contribution in [0.25, 0.3) is 10.8 Å². The van der Waals surface area contributed by atoms with E-state index in [2.05, 4.69) is 18.0 Å². The van der Waals surface area contributed by atoms with Gasteiger partial charge in [0.25, 0.3) is 0 Å². The molecule has 0 saturated heterocycles. The van der Waals surface area contributed by atoms with Gasteiger partial charge in [-0.25, -0.2) is 4.98 Å². The molecule has 3 heteroatoms. The fraction of sp³-hybridized carbons (Fsp3) is 0.357. The van der Waals surface area contributed by atoms with Gasteiger partial charge in [0.2, 0.25) is 5.88 Å². The summed E-state index contributed by atoms with van der Waals surface area (Å²) in [5, 5.41) is 2.21.